The summed E-state index contributed by atoms with van der Waals surface area (Å²) in [5.41, 5.74) is 1.96. The molecule has 40 heavy (non-hydrogen) atoms. The molecule has 0 fully saturated rings. The van der Waals surface area contributed by atoms with Gasteiger partial charge >= 0.3 is 29.0 Å². The van der Waals surface area contributed by atoms with E-state index < -0.39 is 11.2 Å². The third-order valence-corrected chi connectivity index (χ3v) is 7.99. The number of carboxylic acid groups (broad SMARTS) is 1. The van der Waals surface area contributed by atoms with E-state index in [9.17, 15) is 19.5 Å². The number of carbonyl (C=O) groups is 2. The zero-order valence-corrected chi connectivity index (χ0v) is 26.1. The van der Waals surface area contributed by atoms with Crippen molar-refractivity contribution in [2.75, 3.05) is 11.4 Å². The average molecular weight is 574 g/mol. The third-order valence-electron chi connectivity index (χ3n) is 6.63. The standard InChI is InChI=1S/C31H39N3O4S.Mg/c1-4-7-8-9-13-20-33(24-16-18-25(19-17-24)39-27(5-2)31(37)38)30(36)22-34-28(6-3)32-26(21-29(34)35)23-14-11-10-12-15-23;/h10-12,14-19,21,27H,4-9,13,20,22H2,1-3H3,(H,37,38);/q;+2. The molecular weight excluding hydrogens is 535 g/mol. The Bertz CT molecular complexity index is 1280. The SMILES string of the molecule is CCCCCCCN(C(=O)Cn1c(CC)nc(-c2ccccc2)cc1=O)c1ccc(SC(CC)C(=O)O)cc1.[Mg+2]. The molecular formula is C31H39MgN3O4S+2. The van der Waals surface area contributed by atoms with Crippen LogP contribution in [0.3, 0.4) is 0 Å². The second-order valence-electron chi connectivity index (χ2n) is 9.51. The number of carbonyl (C=O) groups excluding carboxylic acids is 1. The largest absolute Gasteiger partial charge is 2.00 e. The number of anilines is 1. The molecule has 1 heterocycles. The van der Waals surface area contributed by atoms with E-state index in [1.165, 1.54) is 22.4 Å². The summed E-state index contributed by atoms with van der Waals surface area (Å²) in [6, 6.07) is 18.5. The van der Waals surface area contributed by atoms with Crippen LogP contribution in [0.4, 0.5) is 5.69 Å². The van der Waals surface area contributed by atoms with Gasteiger partial charge in [-0.3, -0.25) is 19.0 Å². The maximum Gasteiger partial charge on any atom is 2.00 e. The van der Waals surface area contributed by atoms with Crippen molar-refractivity contribution in [2.45, 2.75) is 82.4 Å². The molecule has 0 radical (unpaired) electrons. The summed E-state index contributed by atoms with van der Waals surface area (Å²) in [4.78, 5) is 45.5. The molecule has 1 aromatic heterocycles. The molecule has 0 saturated carbocycles. The molecule has 1 atom stereocenters. The predicted molar refractivity (Wildman–Crippen MR) is 164 cm³/mol. The second-order valence-corrected chi connectivity index (χ2v) is 10.8. The Morgan fingerprint density at radius 3 is 2.25 bits per heavy atom. The van der Waals surface area contributed by atoms with E-state index in [1.807, 2.05) is 68.4 Å². The van der Waals surface area contributed by atoms with Gasteiger partial charge < -0.3 is 10.0 Å². The number of aryl methyl sites for hydroxylation is 1. The Hall–Kier alpha value is -2.62. The fraction of sp³-hybridized carbons (Fsp3) is 0.419. The van der Waals surface area contributed by atoms with Gasteiger partial charge in [0.05, 0.1) is 5.69 Å². The van der Waals surface area contributed by atoms with Crippen LogP contribution in [0, 0.1) is 0 Å². The van der Waals surface area contributed by atoms with E-state index in [0.717, 1.165) is 48.3 Å². The maximum atomic E-state index is 13.7. The fourth-order valence-corrected chi connectivity index (χ4v) is 5.31. The minimum absolute atomic E-state index is 0. The molecule has 2 aromatic carbocycles. The quantitative estimate of drug-likeness (QED) is 0.135. The van der Waals surface area contributed by atoms with Crippen LogP contribution in [0.15, 0.2) is 70.4 Å². The molecule has 3 rings (SSSR count). The van der Waals surface area contributed by atoms with Gasteiger partial charge in [-0.2, -0.15) is 0 Å². The molecule has 1 amide bonds. The number of thioether (sulfide) groups is 1. The first-order valence-electron chi connectivity index (χ1n) is 13.8. The molecule has 1 N–H and O–H groups in total. The minimum atomic E-state index is -0.834. The van der Waals surface area contributed by atoms with Crippen molar-refractivity contribution in [1.29, 1.82) is 0 Å². The van der Waals surface area contributed by atoms with Crippen LogP contribution in [-0.2, 0) is 22.6 Å². The number of aliphatic carboxylic acids is 1. The molecule has 208 valence electrons. The van der Waals surface area contributed by atoms with Crippen LogP contribution in [0.2, 0.25) is 0 Å². The van der Waals surface area contributed by atoms with Gasteiger partial charge in [-0.25, -0.2) is 4.98 Å². The smallest absolute Gasteiger partial charge is 0.480 e. The molecule has 9 heteroatoms. The molecule has 0 aliphatic rings. The molecule has 7 nitrogen and oxygen atoms in total. The molecule has 0 aliphatic heterocycles. The van der Waals surface area contributed by atoms with Crippen molar-refractivity contribution < 1.29 is 14.7 Å². The Kier molecular flexibility index (Phi) is 14.5. The van der Waals surface area contributed by atoms with Crippen molar-refractivity contribution in [3.05, 3.63) is 76.8 Å². The zero-order chi connectivity index (χ0) is 28.2. The van der Waals surface area contributed by atoms with Gasteiger partial charge in [0.15, 0.2) is 0 Å². The number of aromatic nitrogens is 2. The Morgan fingerprint density at radius 1 is 0.975 bits per heavy atom. The van der Waals surface area contributed by atoms with E-state index in [1.54, 1.807) is 4.90 Å². The summed E-state index contributed by atoms with van der Waals surface area (Å²) >= 11 is 1.30. The fourth-order valence-electron chi connectivity index (χ4n) is 4.42. The van der Waals surface area contributed by atoms with E-state index in [0.29, 0.717) is 30.9 Å². The van der Waals surface area contributed by atoms with Crippen LogP contribution in [-0.4, -0.2) is 61.4 Å². The summed E-state index contributed by atoms with van der Waals surface area (Å²) in [5.74, 6) is -0.433. The summed E-state index contributed by atoms with van der Waals surface area (Å²) in [6.45, 7) is 6.41. The first-order chi connectivity index (χ1) is 18.9. The van der Waals surface area contributed by atoms with Gasteiger partial charge in [0, 0.05) is 35.2 Å². The van der Waals surface area contributed by atoms with Crippen LogP contribution in [0.5, 0.6) is 0 Å². The van der Waals surface area contributed by atoms with Gasteiger partial charge in [0.25, 0.3) is 5.56 Å². The van der Waals surface area contributed by atoms with Crippen LogP contribution >= 0.6 is 11.8 Å². The zero-order valence-electron chi connectivity index (χ0n) is 23.8. The molecule has 3 aromatic rings. The van der Waals surface area contributed by atoms with E-state index in [-0.39, 0.29) is 41.1 Å². The molecule has 0 bridgehead atoms. The summed E-state index contributed by atoms with van der Waals surface area (Å²) in [7, 11) is 0. The number of carboxylic acids is 1. The number of unbranched alkanes of at least 4 members (excludes halogenated alkanes) is 4. The van der Waals surface area contributed by atoms with Crippen LogP contribution in [0.1, 0.15) is 65.1 Å². The normalized spacial score (nSPS) is 11.5. The molecule has 0 aliphatic carbocycles. The number of rotatable bonds is 15. The van der Waals surface area contributed by atoms with Gasteiger partial charge in [-0.15, -0.1) is 11.8 Å². The first-order valence-corrected chi connectivity index (χ1v) is 14.7. The number of nitrogens with zero attached hydrogens (tertiary/aromatic N) is 3. The van der Waals surface area contributed by atoms with Crippen LogP contribution < -0.4 is 10.5 Å². The van der Waals surface area contributed by atoms with Crippen molar-refractivity contribution >= 4 is 52.4 Å². The Balaban J connectivity index is 0.00000560. The first kappa shape index (κ1) is 33.6. The molecule has 0 saturated heterocycles. The third kappa shape index (κ3) is 9.49. The number of benzene rings is 2. The van der Waals surface area contributed by atoms with Crippen molar-refractivity contribution in [3.63, 3.8) is 0 Å². The Morgan fingerprint density at radius 2 is 1.65 bits per heavy atom. The monoisotopic (exact) mass is 573 g/mol. The topological polar surface area (TPSA) is 92.5 Å². The maximum absolute atomic E-state index is 13.7. The van der Waals surface area contributed by atoms with E-state index in [2.05, 4.69) is 6.92 Å². The second kappa shape index (κ2) is 17.2. The predicted octanol–water partition coefficient (Wildman–Crippen LogP) is 6.05. The summed E-state index contributed by atoms with van der Waals surface area (Å²) in [5, 5.41) is 8.87. The van der Waals surface area contributed by atoms with Gasteiger partial charge in [0.2, 0.25) is 5.91 Å². The van der Waals surface area contributed by atoms with Gasteiger partial charge in [-0.1, -0.05) is 76.8 Å². The van der Waals surface area contributed by atoms with Crippen molar-refractivity contribution in [3.8, 4) is 11.3 Å². The summed E-state index contributed by atoms with van der Waals surface area (Å²) < 4.78 is 1.47. The molecule has 0 spiro atoms. The Labute approximate surface area is 257 Å². The van der Waals surface area contributed by atoms with Gasteiger partial charge in [0.1, 0.15) is 17.6 Å². The van der Waals surface area contributed by atoms with E-state index in [4.69, 9.17) is 4.98 Å². The minimum Gasteiger partial charge on any atom is -0.480 e. The number of hydrogen-bond acceptors (Lipinski definition) is 5. The molecule has 1 unspecified atom stereocenters. The van der Waals surface area contributed by atoms with Crippen molar-refractivity contribution in [1.82, 2.24) is 9.55 Å². The van der Waals surface area contributed by atoms with E-state index >= 15 is 0 Å². The van der Waals surface area contributed by atoms with Gasteiger partial charge in [-0.05, 0) is 37.1 Å². The number of hydrogen-bond donors (Lipinski definition) is 1. The van der Waals surface area contributed by atoms with Crippen LogP contribution in [0.25, 0.3) is 11.3 Å². The number of amides is 1. The average Bonchev–Trinajstić information content (AvgIpc) is 2.95. The summed E-state index contributed by atoms with van der Waals surface area (Å²) in [6.07, 6.45) is 6.36. The van der Waals surface area contributed by atoms with Crippen molar-refractivity contribution in [2.24, 2.45) is 0 Å².